The minimum absolute atomic E-state index is 0.130. The molecule has 0 aliphatic carbocycles. The van der Waals surface area contributed by atoms with Crippen LogP contribution < -0.4 is 9.47 Å². The number of aldehydes is 1. The van der Waals surface area contributed by atoms with Crippen LogP contribution in [-0.4, -0.2) is 44.6 Å². The molecule has 27 heavy (non-hydrogen) atoms. The first-order valence-corrected chi connectivity index (χ1v) is 8.86. The maximum absolute atomic E-state index is 11.7. The van der Waals surface area contributed by atoms with E-state index in [-0.39, 0.29) is 11.9 Å². The fraction of sp³-hybridized carbons (Fsp3) is 0.333. The van der Waals surface area contributed by atoms with Gasteiger partial charge in [-0.3, -0.25) is 9.59 Å². The Morgan fingerprint density at radius 3 is 2.59 bits per heavy atom. The standard InChI is InChI=1S/C21H22O6/c1-15(23)20-7-2-16(13-22)12-21(20)27-18-5-3-17(4-6-18)25-10-11-26-19-8-9-24-14-19/h2-7,12-13,19H,8-11,14H2,1H3. The Hall–Kier alpha value is -2.70. The molecular formula is C21H22O6. The van der Waals surface area contributed by atoms with Gasteiger partial charge in [0.25, 0.3) is 0 Å². The second-order valence-corrected chi connectivity index (χ2v) is 6.21. The molecule has 142 valence electrons. The predicted octanol–water partition coefficient (Wildman–Crippen LogP) is 3.68. The number of ketones is 1. The van der Waals surface area contributed by atoms with Crippen molar-refractivity contribution >= 4 is 12.1 Å². The number of benzene rings is 2. The van der Waals surface area contributed by atoms with E-state index >= 15 is 0 Å². The number of ether oxygens (including phenoxy) is 4. The summed E-state index contributed by atoms with van der Waals surface area (Å²) in [5.41, 5.74) is 0.872. The molecule has 2 aromatic carbocycles. The highest BCUT2D eigenvalue weighted by molar-refractivity contribution is 5.97. The Kier molecular flexibility index (Phi) is 6.57. The van der Waals surface area contributed by atoms with Crippen LogP contribution in [0.25, 0.3) is 0 Å². The predicted molar refractivity (Wildman–Crippen MR) is 99.0 cm³/mol. The molecule has 6 nitrogen and oxygen atoms in total. The van der Waals surface area contributed by atoms with Crippen molar-refractivity contribution in [3.8, 4) is 17.2 Å². The van der Waals surface area contributed by atoms with Crippen LogP contribution in [0, 0.1) is 0 Å². The van der Waals surface area contributed by atoms with Crippen LogP contribution in [0.1, 0.15) is 34.1 Å². The lowest BCUT2D eigenvalue weighted by molar-refractivity contribution is 0.0265. The summed E-state index contributed by atoms with van der Waals surface area (Å²) in [7, 11) is 0. The molecule has 0 bridgehead atoms. The molecule has 1 fully saturated rings. The van der Waals surface area contributed by atoms with E-state index in [0.717, 1.165) is 13.0 Å². The molecule has 1 heterocycles. The third-order valence-electron chi connectivity index (χ3n) is 4.17. The summed E-state index contributed by atoms with van der Waals surface area (Å²) in [6, 6.07) is 11.8. The van der Waals surface area contributed by atoms with E-state index in [2.05, 4.69) is 0 Å². The van der Waals surface area contributed by atoms with Gasteiger partial charge < -0.3 is 18.9 Å². The second kappa shape index (κ2) is 9.30. The zero-order valence-electron chi connectivity index (χ0n) is 15.2. The average molecular weight is 370 g/mol. The summed E-state index contributed by atoms with van der Waals surface area (Å²) in [6.07, 6.45) is 1.81. The topological polar surface area (TPSA) is 71.1 Å². The molecule has 0 N–H and O–H groups in total. The minimum atomic E-state index is -0.130. The van der Waals surface area contributed by atoms with Crippen molar-refractivity contribution in [1.29, 1.82) is 0 Å². The molecule has 0 radical (unpaired) electrons. The van der Waals surface area contributed by atoms with Gasteiger partial charge in [-0.05, 0) is 49.7 Å². The molecule has 1 saturated heterocycles. The van der Waals surface area contributed by atoms with Crippen molar-refractivity contribution in [2.24, 2.45) is 0 Å². The highest BCUT2D eigenvalue weighted by atomic mass is 16.6. The first-order chi connectivity index (χ1) is 13.2. The SMILES string of the molecule is CC(=O)c1ccc(C=O)cc1Oc1ccc(OCCOC2CCOC2)cc1. The highest BCUT2D eigenvalue weighted by Crippen LogP contribution is 2.28. The van der Waals surface area contributed by atoms with Crippen molar-refractivity contribution in [2.45, 2.75) is 19.4 Å². The number of hydrogen-bond donors (Lipinski definition) is 0. The molecule has 0 saturated carbocycles. The van der Waals surface area contributed by atoms with Gasteiger partial charge in [-0.25, -0.2) is 0 Å². The zero-order valence-corrected chi connectivity index (χ0v) is 15.2. The highest BCUT2D eigenvalue weighted by Gasteiger charge is 2.15. The fourth-order valence-electron chi connectivity index (χ4n) is 2.74. The number of carbonyl (C=O) groups is 2. The van der Waals surface area contributed by atoms with E-state index in [1.165, 1.54) is 6.92 Å². The van der Waals surface area contributed by atoms with Crippen LogP contribution in [0.15, 0.2) is 42.5 Å². The van der Waals surface area contributed by atoms with Gasteiger partial charge >= 0.3 is 0 Å². The van der Waals surface area contributed by atoms with E-state index in [1.807, 2.05) is 0 Å². The maximum atomic E-state index is 11.7. The molecular weight excluding hydrogens is 348 g/mol. The van der Waals surface area contributed by atoms with E-state index in [9.17, 15) is 9.59 Å². The van der Waals surface area contributed by atoms with Crippen molar-refractivity contribution in [3.63, 3.8) is 0 Å². The van der Waals surface area contributed by atoms with Gasteiger partial charge in [-0.15, -0.1) is 0 Å². The summed E-state index contributed by atoms with van der Waals surface area (Å²) in [5, 5.41) is 0. The normalized spacial score (nSPS) is 16.1. The van der Waals surface area contributed by atoms with Crippen LogP contribution >= 0.6 is 0 Å². The van der Waals surface area contributed by atoms with Crippen molar-refractivity contribution < 1.29 is 28.5 Å². The van der Waals surface area contributed by atoms with Crippen LogP contribution in [0.4, 0.5) is 0 Å². The Bertz CT molecular complexity index is 778. The summed E-state index contributed by atoms with van der Waals surface area (Å²) in [6.45, 7) is 3.83. The van der Waals surface area contributed by atoms with Gasteiger partial charge in [0, 0.05) is 12.2 Å². The van der Waals surface area contributed by atoms with Gasteiger partial charge in [-0.1, -0.05) is 6.07 Å². The Balaban J connectivity index is 1.55. The zero-order chi connectivity index (χ0) is 19.1. The van der Waals surface area contributed by atoms with E-state index < -0.39 is 0 Å². The largest absolute Gasteiger partial charge is 0.491 e. The number of hydrogen-bond acceptors (Lipinski definition) is 6. The summed E-state index contributed by atoms with van der Waals surface area (Å²) in [5.74, 6) is 1.47. The smallest absolute Gasteiger partial charge is 0.163 e. The van der Waals surface area contributed by atoms with Gasteiger partial charge in [0.15, 0.2) is 5.78 Å². The molecule has 3 rings (SSSR count). The molecule has 1 unspecified atom stereocenters. The van der Waals surface area contributed by atoms with Crippen LogP contribution in [0.5, 0.6) is 17.2 Å². The summed E-state index contributed by atoms with van der Waals surface area (Å²) in [4.78, 5) is 22.7. The van der Waals surface area contributed by atoms with Crippen LogP contribution in [0.3, 0.4) is 0 Å². The Morgan fingerprint density at radius 1 is 1.15 bits per heavy atom. The molecule has 0 amide bonds. The first kappa shape index (κ1) is 19.1. The molecule has 0 aromatic heterocycles. The second-order valence-electron chi connectivity index (χ2n) is 6.21. The molecule has 0 spiro atoms. The van der Waals surface area contributed by atoms with Gasteiger partial charge in [0.05, 0.1) is 24.9 Å². The number of carbonyl (C=O) groups excluding carboxylic acids is 2. The van der Waals surface area contributed by atoms with E-state index in [1.54, 1.807) is 42.5 Å². The van der Waals surface area contributed by atoms with Crippen molar-refractivity contribution in [1.82, 2.24) is 0 Å². The fourth-order valence-corrected chi connectivity index (χ4v) is 2.74. The van der Waals surface area contributed by atoms with Crippen LogP contribution in [0.2, 0.25) is 0 Å². The van der Waals surface area contributed by atoms with Gasteiger partial charge in [0.1, 0.15) is 30.1 Å². The van der Waals surface area contributed by atoms with Gasteiger partial charge in [0.2, 0.25) is 0 Å². The third kappa shape index (κ3) is 5.39. The minimum Gasteiger partial charge on any atom is -0.491 e. The van der Waals surface area contributed by atoms with E-state index in [0.29, 0.717) is 54.5 Å². The molecule has 2 aromatic rings. The Labute approximate surface area is 158 Å². The lowest BCUT2D eigenvalue weighted by Crippen LogP contribution is -2.16. The van der Waals surface area contributed by atoms with E-state index in [4.69, 9.17) is 18.9 Å². The average Bonchev–Trinajstić information content (AvgIpc) is 3.19. The first-order valence-electron chi connectivity index (χ1n) is 8.86. The molecule has 1 aliphatic heterocycles. The molecule has 1 atom stereocenters. The lowest BCUT2D eigenvalue weighted by atomic mass is 10.1. The van der Waals surface area contributed by atoms with Crippen LogP contribution in [-0.2, 0) is 9.47 Å². The van der Waals surface area contributed by atoms with Gasteiger partial charge in [-0.2, -0.15) is 0 Å². The molecule has 1 aliphatic rings. The Morgan fingerprint density at radius 2 is 1.93 bits per heavy atom. The number of rotatable bonds is 9. The van der Waals surface area contributed by atoms with Crippen molar-refractivity contribution in [3.05, 3.63) is 53.6 Å². The van der Waals surface area contributed by atoms with Crippen molar-refractivity contribution in [2.75, 3.05) is 26.4 Å². The summed E-state index contributed by atoms with van der Waals surface area (Å²) < 4.78 is 22.3. The number of Topliss-reactive ketones (excluding diaryl/α,β-unsaturated/α-hetero) is 1. The summed E-state index contributed by atoms with van der Waals surface area (Å²) >= 11 is 0. The monoisotopic (exact) mass is 370 g/mol. The lowest BCUT2D eigenvalue weighted by Gasteiger charge is -2.12. The quantitative estimate of drug-likeness (QED) is 0.381. The molecule has 6 heteroatoms. The maximum Gasteiger partial charge on any atom is 0.163 e. The third-order valence-corrected chi connectivity index (χ3v) is 4.17.